The first-order chi connectivity index (χ1) is 9.68. The summed E-state index contributed by atoms with van der Waals surface area (Å²) in [6.07, 6.45) is 0.0246. The van der Waals surface area contributed by atoms with Gasteiger partial charge in [0.25, 0.3) is 0 Å². The first kappa shape index (κ1) is 17.7. The zero-order valence-electron chi connectivity index (χ0n) is 12.9. The summed E-state index contributed by atoms with van der Waals surface area (Å²) < 4.78 is 7.34. The van der Waals surface area contributed by atoms with Gasteiger partial charge in [0.2, 0.25) is 0 Å². The highest BCUT2D eigenvalue weighted by Crippen LogP contribution is 2.36. The third-order valence-electron chi connectivity index (χ3n) is 3.71. The van der Waals surface area contributed by atoms with Gasteiger partial charge in [-0.25, -0.2) is 0 Å². The number of carbonyl (C=O) groups is 2. The van der Waals surface area contributed by atoms with Crippen LogP contribution in [0.25, 0.3) is 0 Å². The third kappa shape index (κ3) is 3.12. The number of esters is 1. The van der Waals surface area contributed by atoms with Gasteiger partial charge in [-0.1, -0.05) is 13.8 Å². The summed E-state index contributed by atoms with van der Waals surface area (Å²) in [6, 6.07) is 0. The molecule has 0 aromatic carbocycles. The average Bonchev–Trinajstić information content (AvgIpc) is 2.60. The smallest absolute Gasteiger partial charge is 0.324 e. The highest BCUT2D eigenvalue weighted by Gasteiger charge is 2.51. The molecule has 1 aromatic heterocycles. The van der Waals surface area contributed by atoms with Crippen molar-refractivity contribution in [2.24, 2.45) is 18.4 Å². The fraction of sp³-hybridized carbons (Fsp3) is 0.643. The summed E-state index contributed by atoms with van der Waals surface area (Å²) in [4.78, 5) is 24.2. The molecule has 0 radical (unpaired) electrons. The van der Waals surface area contributed by atoms with E-state index in [-0.39, 0.29) is 13.0 Å². The molecule has 21 heavy (non-hydrogen) atoms. The van der Waals surface area contributed by atoms with Gasteiger partial charge in [0.05, 0.1) is 22.5 Å². The number of aryl methyl sites for hydroxylation is 2. The number of carboxylic acids is 1. The molecule has 0 fully saturated rings. The lowest BCUT2D eigenvalue weighted by molar-refractivity contribution is -0.172. The molecule has 1 heterocycles. The molecule has 0 bridgehead atoms. The van der Waals surface area contributed by atoms with Crippen LogP contribution in [0.5, 0.6) is 0 Å². The van der Waals surface area contributed by atoms with E-state index in [0.717, 1.165) is 10.2 Å². The van der Waals surface area contributed by atoms with E-state index in [1.807, 2.05) is 6.92 Å². The predicted octanol–water partition coefficient (Wildman–Crippen LogP) is 2.32. The fourth-order valence-corrected chi connectivity index (χ4v) is 2.79. The summed E-state index contributed by atoms with van der Waals surface area (Å²) in [6.45, 7) is 7.04. The second kappa shape index (κ2) is 6.60. The maximum absolute atomic E-state index is 12.3. The summed E-state index contributed by atoms with van der Waals surface area (Å²) in [5, 5.41) is 13.9. The maximum atomic E-state index is 12.3. The Hall–Kier alpha value is -1.37. The number of rotatable bonds is 6. The minimum absolute atomic E-state index is 0.0246. The minimum Gasteiger partial charge on any atom is -0.480 e. The summed E-state index contributed by atoms with van der Waals surface area (Å²) >= 11 is 3.41. The molecule has 0 aliphatic carbocycles. The van der Waals surface area contributed by atoms with E-state index in [4.69, 9.17) is 4.74 Å². The predicted molar refractivity (Wildman–Crippen MR) is 80.9 cm³/mol. The number of carbonyl (C=O) groups excluding carboxylic acids is 1. The number of ether oxygens (including phenoxy) is 1. The minimum atomic E-state index is -1.63. The fourth-order valence-electron chi connectivity index (χ4n) is 2.32. The molecule has 1 rings (SSSR count). The Bertz CT molecular complexity index is 553. The van der Waals surface area contributed by atoms with Gasteiger partial charge in [0.15, 0.2) is 5.41 Å². The van der Waals surface area contributed by atoms with E-state index in [0.29, 0.717) is 5.69 Å². The average molecular weight is 361 g/mol. The van der Waals surface area contributed by atoms with Crippen molar-refractivity contribution in [2.75, 3.05) is 6.61 Å². The van der Waals surface area contributed by atoms with Gasteiger partial charge in [0.1, 0.15) is 0 Å². The summed E-state index contributed by atoms with van der Waals surface area (Å²) in [5.41, 5.74) is -0.213. The van der Waals surface area contributed by atoms with E-state index in [1.165, 1.54) is 0 Å². The molecule has 0 saturated heterocycles. The Morgan fingerprint density at radius 1 is 1.48 bits per heavy atom. The normalized spacial score (nSPS) is 14.0. The molecule has 0 aliphatic heterocycles. The molecule has 7 heteroatoms. The Morgan fingerprint density at radius 2 is 2.05 bits per heavy atom. The number of aliphatic carboxylic acids is 1. The lowest BCUT2D eigenvalue weighted by Crippen LogP contribution is -2.47. The first-order valence-corrected chi connectivity index (χ1v) is 7.56. The van der Waals surface area contributed by atoms with Crippen LogP contribution in [0.2, 0.25) is 0 Å². The van der Waals surface area contributed by atoms with Crippen molar-refractivity contribution < 1.29 is 19.4 Å². The molecular weight excluding hydrogens is 340 g/mol. The highest BCUT2D eigenvalue weighted by molar-refractivity contribution is 9.10. The Balaban J connectivity index is 3.37. The molecule has 118 valence electrons. The van der Waals surface area contributed by atoms with Crippen molar-refractivity contribution in [3.8, 4) is 0 Å². The largest absolute Gasteiger partial charge is 0.480 e. The number of nitrogens with zero attached hydrogens (tertiary/aromatic N) is 2. The van der Waals surface area contributed by atoms with Crippen LogP contribution < -0.4 is 0 Å². The zero-order chi connectivity index (χ0) is 16.4. The van der Waals surface area contributed by atoms with Crippen molar-refractivity contribution >= 4 is 27.9 Å². The van der Waals surface area contributed by atoms with Gasteiger partial charge in [-0.2, -0.15) is 5.10 Å². The number of hydrogen-bond acceptors (Lipinski definition) is 4. The number of halogens is 1. The number of aromatic nitrogens is 2. The molecule has 1 N–H and O–H groups in total. The van der Waals surface area contributed by atoms with Gasteiger partial charge in [-0.15, -0.1) is 0 Å². The van der Waals surface area contributed by atoms with Gasteiger partial charge in [-0.3, -0.25) is 14.3 Å². The van der Waals surface area contributed by atoms with E-state index in [2.05, 4.69) is 21.0 Å². The second-order valence-electron chi connectivity index (χ2n) is 5.30. The lowest BCUT2D eigenvalue weighted by Gasteiger charge is -2.30. The van der Waals surface area contributed by atoms with Crippen LogP contribution in [-0.2, 0) is 27.8 Å². The highest BCUT2D eigenvalue weighted by atomic mass is 79.9. The van der Waals surface area contributed by atoms with Gasteiger partial charge in [-0.05, 0) is 35.7 Å². The van der Waals surface area contributed by atoms with E-state index >= 15 is 0 Å². The van der Waals surface area contributed by atoms with Crippen molar-refractivity contribution in [3.05, 3.63) is 15.9 Å². The standard InChI is InChI=1S/C14H21BrN2O4/c1-6-21-13(20)14(8(2)3,12(18)19)7-10-11(15)9(4)16-17(10)5/h8H,6-7H2,1-5H3,(H,18,19). The van der Waals surface area contributed by atoms with Crippen molar-refractivity contribution in [2.45, 2.75) is 34.1 Å². The van der Waals surface area contributed by atoms with Crippen LogP contribution >= 0.6 is 15.9 Å². The molecule has 0 saturated carbocycles. The molecule has 0 spiro atoms. The van der Waals surface area contributed by atoms with Crippen molar-refractivity contribution in [3.63, 3.8) is 0 Å². The third-order valence-corrected chi connectivity index (χ3v) is 4.75. The van der Waals surface area contributed by atoms with Crippen molar-refractivity contribution in [1.29, 1.82) is 0 Å². The Labute approximate surface area is 132 Å². The zero-order valence-corrected chi connectivity index (χ0v) is 14.5. The Kier molecular flexibility index (Phi) is 5.55. The maximum Gasteiger partial charge on any atom is 0.324 e. The molecule has 0 amide bonds. The molecular formula is C14H21BrN2O4. The summed E-state index contributed by atoms with van der Waals surface area (Å²) in [5.74, 6) is -2.31. The van der Waals surface area contributed by atoms with Gasteiger partial charge < -0.3 is 9.84 Å². The van der Waals surface area contributed by atoms with Crippen LogP contribution in [-0.4, -0.2) is 33.4 Å². The second-order valence-corrected chi connectivity index (χ2v) is 6.09. The summed E-state index contributed by atoms with van der Waals surface area (Å²) in [7, 11) is 1.73. The molecule has 1 atom stereocenters. The Morgan fingerprint density at radius 3 is 2.38 bits per heavy atom. The van der Waals surface area contributed by atoms with Gasteiger partial charge in [0, 0.05) is 13.5 Å². The monoisotopic (exact) mass is 360 g/mol. The SMILES string of the molecule is CCOC(=O)C(Cc1c(Br)c(C)nn1C)(C(=O)O)C(C)C. The molecule has 1 unspecified atom stereocenters. The number of carboxylic acid groups (broad SMARTS) is 1. The van der Waals surface area contributed by atoms with Gasteiger partial charge >= 0.3 is 11.9 Å². The quantitative estimate of drug-likeness (QED) is 0.621. The number of hydrogen-bond donors (Lipinski definition) is 1. The van der Waals surface area contributed by atoms with Crippen LogP contribution in [0, 0.1) is 18.3 Å². The lowest BCUT2D eigenvalue weighted by atomic mass is 9.73. The molecule has 0 aliphatic rings. The van der Waals surface area contributed by atoms with Crippen LogP contribution in [0.1, 0.15) is 32.2 Å². The first-order valence-electron chi connectivity index (χ1n) is 6.77. The van der Waals surface area contributed by atoms with E-state index in [9.17, 15) is 14.7 Å². The van der Waals surface area contributed by atoms with Crippen LogP contribution in [0.4, 0.5) is 0 Å². The van der Waals surface area contributed by atoms with Crippen LogP contribution in [0.15, 0.2) is 4.47 Å². The van der Waals surface area contributed by atoms with Crippen molar-refractivity contribution in [1.82, 2.24) is 9.78 Å². The molecule has 6 nitrogen and oxygen atoms in total. The van der Waals surface area contributed by atoms with Crippen LogP contribution in [0.3, 0.4) is 0 Å². The van der Waals surface area contributed by atoms with E-state index in [1.54, 1.807) is 32.5 Å². The molecule has 1 aromatic rings. The topological polar surface area (TPSA) is 81.4 Å². The van der Waals surface area contributed by atoms with E-state index < -0.39 is 23.3 Å².